The summed E-state index contributed by atoms with van der Waals surface area (Å²) in [7, 11) is -3.29. The van der Waals surface area contributed by atoms with Gasteiger partial charge in [0.1, 0.15) is 0 Å². The molecule has 31 heavy (non-hydrogen) atoms. The lowest BCUT2D eigenvalue weighted by Gasteiger charge is -2.20. The standard InChI is InChI=1S/C25H33NO4S/c1-3-30-25(27)13-9-4-5-10-20-26(31(2,28)29)21-24-18-16-23(17-19-24)15-14-22-11-7-6-8-12-22/h6-8,11-12,14-19H,3-5,9-10,13,20-21H2,1-2H3. The Morgan fingerprint density at radius 1 is 0.903 bits per heavy atom. The maximum absolute atomic E-state index is 12.2. The van der Waals surface area contributed by atoms with Gasteiger partial charge in [0.05, 0.1) is 12.9 Å². The maximum Gasteiger partial charge on any atom is 0.305 e. The van der Waals surface area contributed by atoms with Crippen LogP contribution in [0.2, 0.25) is 0 Å². The summed E-state index contributed by atoms with van der Waals surface area (Å²) in [6.45, 7) is 3.05. The van der Waals surface area contributed by atoms with Crippen LogP contribution in [0.5, 0.6) is 0 Å². The molecule has 0 saturated carbocycles. The van der Waals surface area contributed by atoms with Gasteiger partial charge in [0.2, 0.25) is 10.0 Å². The number of esters is 1. The first kappa shape index (κ1) is 24.8. The molecule has 0 spiro atoms. The van der Waals surface area contributed by atoms with E-state index >= 15 is 0 Å². The van der Waals surface area contributed by atoms with Crippen LogP contribution in [0.3, 0.4) is 0 Å². The number of nitrogens with zero attached hydrogens (tertiary/aromatic N) is 1. The number of carbonyl (C=O) groups is 1. The molecule has 2 aromatic carbocycles. The summed E-state index contributed by atoms with van der Waals surface area (Å²) in [6, 6.07) is 18.0. The molecule has 168 valence electrons. The van der Waals surface area contributed by atoms with Gasteiger partial charge in [0, 0.05) is 19.5 Å². The Morgan fingerprint density at radius 3 is 2.13 bits per heavy atom. The fourth-order valence-corrected chi connectivity index (χ4v) is 4.05. The van der Waals surface area contributed by atoms with Crippen molar-refractivity contribution in [3.8, 4) is 0 Å². The lowest BCUT2D eigenvalue weighted by molar-refractivity contribution is -0.143. The van der Waals surface area contributed by atoms with Crippen molar-refractivity contribution in [1.82, 2.24) is 4.31 Å². The number of ether oxygens (including phenoxy) is 1. The number of benzene rings is 2. The summed E-state index contributed by atoms with van der Waals surface area (Å²) in [6.07, 6.45) is 9.10. The topological polar surface area (TPSA) is 63.7 Å². The minimum absolute atomic E-state index is 0.165. The SMILES string of the molecule is CCOC(=O)CCCCCCN(Cc1ccc(C=Cc2ccccc2)cc1)S(C)(=O)=O. The molecular weight excluding hydrogens is 410 g/mol. The summed E-state index contributed by atoms with van der Waals surface area (Å²) < 4.78 is 30.8. The van der Waals surface area contributed by atoms with Crippen molar-refractivity contribution in [3.05, 3.63) is 71.3 Å². The van der Waals surface area contributed by atoms with Crippen molar-refractivity contribution < 1.29 is 17.9 Å². The number of rotatable bonds is 13. The van der Waals surface area contributed by atoms with Crippen LogP contribution in [0.25, 0.3) is 12.2 Å². The van der Waals surface area contributed by atoms with Crippen LogP contribution >= 0.6 is 0 Å². The predicted molar refractivity (Wildman–Crippen MR) is 127 cm³/mol. The van der Waals surface area contributed by atoms with Gasteiger partial charge < -0.3 is 4.74 Å². The van der Waals surface area contributed by atoms with Gasteiger partial charge in [-0.2, -0.15) is 4.31 Å². The first-order valence-corrected chi connectivity index (χ1v) is 12.7. The zero-order chi connectivity index (χ0) is 22.5. The third kappa shape index (κ3) is 9.94. The molecule has 2 aromatic rings. The van der Waals surface area contributed by atoms with Crippen molar-refractivity contribution in [3.63, 3.8) is 0 Å². The molecule has 0 bridgehead atoms. The largest absolute Gasteiger partial charge is 0.466 e. The highest BCUT2D eigenvalue weighted by molar-refractivity contribution is 7.88. The number of carbonyl (C=O) groups excluding carboxylic acids is 1. The second-order valence-corrected chi connectivity index (χ2v) is 9.53. The monoisotopic (exact) mass is 443 g/mol. The number of unbranched alkanes of at least 4 members (excludes halogenated alkanes) is 3. The van der Waals surface area contributed by atoms with Crippen LogP contribution in [-0.2, 0) is 26.1 Å². The Balaban J connectivity index is 1.82. The van der Waals surface area contributed by atoms with E-state index in [1.807, 2.05) is 60.7 Å². The van der Waals surface area contributed by atoms with Gasteiger partial charge in [-0.1, -0.05) is 79.6 Å². The lowest BCUT2D eigenvalue weighted by Crippen LogP contribution is -2.30. The van der Waals surface area contributed by atoms with Gasteiger partial charge in [-0.15, -0.1) is 0 Å². The summed E-state index contributed by atoms with van der Waals surface area (Å²) in [4.78, 5) is 11.3. The van der Waals surface area contributed by atoms with E-state index in [-0.39, 0.29) is 5.97 Å². The van der Waals surface area contributed by atoms with Crippen LogP contribution < -0.4 is 0 Å². The van der Waals surface area contributed by atoms with E-state index in [0.717, 1.165) is 42.4 Å². The van der Waals surface area contributed by atoms with Crippen molar-refractivity contribution in [2.45, 2.75) is 45.6 Å². The first-order valence-electron chi connectivity index (χ1n) is 10.8. The summed E-state index contributed by atoms with van der Waals surface area (Å²) in [5, 5.41) is 0. The smallest absolute Gasteiger partial charge is 0.305 e. The predicted octanol–water partition coefficient (Wildman–Crippen LogP) is 5.13. The molecule has 5 nitrogen and oxygen atoms in total. The number of sulfonamides is 1. The molecule has 0 aliphatic rings. The van der Waals surface area contributed by atoms with Crippen LogP contribution in [0.1, 0.15) is 55.7 Å². The third-order valence-electron chi connectivity index (χ3n) is 4.92. The zero-order valence-corrected chi connectivity index (χ0v) is 19.3. The van der Waals surface area contributed by atoms with Gasteiger partial charge in [-0.3, -0.25) is 4.79 Å². The molecular formula is C25H33NO4S. The van der Waals surface area contributed by atoms with Crippen LogP contribution in [0.4, 0.5) is 0 Å². The lowest BCUT2D eigenvalue weighted by atomic mass is 10.1. The molecule has 0 heterocycles. The van der Waals surface area contributed by atoms with Gasteiger partial charge in [0.15, 0.2) is 0 Å². The third-order valence-corrected chi connectivity index (χ3v) is 6.17. The van der Waals surface area contributed by atoms with E-state index in [9.17, 15) is 13.2 Å². The normalized spacial score (nSPS) is 11.8. The van der Waals surface area contributed by atoms with Gasteiger partial charge >= 0.3 is 5.97 Å². The van der Waals surface area contributed by atoms with E-state index < -0.39 is 10.0 Å². The second-order valence-electron chi connectivity index (χ2n) is 7.55. The molecule has 0 atom stereocenters. The van der Waals surface area contributed by atoms with E-state index in [0.29, 0.717) is 26.1 Å². The molecule has 0 aliphatic heterocycles. The van der Waals surface area contributed by atoms with Crippen LogP contribution in [0.15, 0.2) is 54.6 Å². The molecule has 0 amide bonds. The Bertz CT molecular complexity index is 922. The number of hydrogen-bond donors (Lipinski definition) is 0. The second kappa shape index (κ2) is 13.1. The van der Waals surface area contributed by atoms with Gasteiger partial charge in [0.25, 0.3) is 0 Å². The molecule has 0 aromatic heterocycles. The maximum atomic E-state index is 12.2. The summed E-state index contributed by atoms with van der Waals surface area (Å²) in [5.74, 6) is -0.165. The quantitative estimate of drug-likeness (QED) is 0.244. The molecule has 0 N–H and O–H groups in total. The van der Waals surface area contributed by atoms with Gasteiger partial charge in [-0.05, 0) is 36.5 Å². The van der Waals surface area contributed by atoms with E-state index in [1.165, 1.54) is 10.6 Å². The highest BCUT2D eigenvalue weighted by Gasteiger charge is 2.16. The van der Waals surface area contributed by atoms with Crippen molar-refractivity contribution >= 4 is 28.1 Å². The molecule has 0 unspecified atom stereocenters. The molecule has 2 rings (SSSR count). The molecule has 0 radical (unpaired) electrons. The fourth-order valence-electron chi connectivity index (χ4n) is 3.20. The number of hydrogen-bond acceptors (Lipinski definition) is 4. The van der Waals surface area contributed by atoms with Crippen molar-refractivity contribution in [2.75, 3.05) is 19.4 Å². The first-order chi connectivity index (χ1) is 14.9. The van der Waals surface area contributed by atoms with E-state index in [4.69, 9.17) is 4.74 Å². The Kier molecular flexibility index (Phi) is 10.5. The molecule has 0 aliphatic carbocycles. The van der Waals surface area contributed by atoms with Crippen LogP contribution in [0, 0.1) is 0 Å². The Morgan fingerprint density at radius 2 is 1.52 bits per heavy atom. The van der Waals surface area contributed by atoms with E-state index in [2.05, 4.69) is 6.08 Å². The Labute approximate surface area is 186 Å². The Hall–Kier alpha value is -2.44. The van der Waals surface area contributed by atoms with Crippen molar-refractivity contribution in [1.29, 1.82) is 0 Å². The highest BCUT2D eigenvalue weighted by Crippen LogP contribution is 2.14. The van der Waals surface area contributed by atoms with Crippen LogP contribution in [-0.4, -0.2) is 38.1 Å². The minimum atomic E-state index is -3.29. The molecule has 0 fully saturated rings. The minimum Gasteiger partial charge on any atom is -0.466 e. The van der Waals surface area contributed by atoms with Crippen molar-refractivity contribution in [2.24, 2.45) is 0 Å². The fraction of sp³-hybridized carbons (Fsp3) is 0.400. The summed E-state index contributed by atoms with van der Waals surface area (Å²) in [5.41, 5.74) is 3.17. The van der Waals surface area contributed by atoms with Gasteiger partial charge in [-0.25, -0.2) is 8.42 Å². The molecule has 0 saturated heterocycles. The van der Waals surface area contributed by atoms with E-state index in [1.54, 1.807) is 6.92 Å². The molecule has 6 heteroatoms. The zero-order valence-electron chi connectivity index (χ0n) is 18.5. The average molecular weight is 444 g/mol. The summed E-state index contributed by atoms with van der Waals surface area (Å²) >= 11 is 0. The highest BCUT2D eigenvalue weighted by atomic mass is 32.2. The average Bonchev–Trinajstić information content (AvgIpc) is 2.75.